The fourth-order valence-corrected chi connectivity index (χ4v) is 2.78. The van der Waals surface area contributed by atoms with Gasteiger partial charge < -0.3 is 4.74 Å². The Morgan fingerprint density at radius 1 is 0.769 bits per heavy atom. The molecular formula is C22H19NO3. The molecule has 0 fully saturated rings. The molecule has 3 aromatic rings. The van der Waals surface area contributed by atoms with Crippen molar-refractivity contribution in [1.29, 1.82) is 0 Å². The molecule has 0 aliphatic heterocycles. The minimum Gasteiger partial charge on any atom is -0.423 e. The predicted octanol–water partition coefficient (Wildman–Crippen LogP) is 4.90. The van der Waals surface area contributed by atoms with Crippen LogP contribution in [0.4, 0.5) is 11.4 Å². The van der Waals surface area contributed by atoms with Crippen molar-refractivity contribution < 1.29 is 14.3 Å². The summed E-state index contributed by atoms with van der Waals surface area (Å²) in [4.78, 5) is 26.7. The number of hydrogen-bond acceptors (Lipinski definition) is 3. The van der Waals surface area contributed by atoms with Gasteiger partial charge >= 0.3 is 5.97 Å². The van der Waals surface area contributed by atoms with Crippen LogP contribution >= 0.6 is 0 Å². The molecule has 0 saturated heterocycles. The van der Waals surface area contributed by atoms with E-state index in [0.29, 0.717) is 17.0 Å². The number of rotatable bonds is 4. The first-order valence-corrected chi connectivity index (χ1v) is 8.30. The molecule has 0 bridgehead atoms. The zero-order valence-electron chi connectivity index (χ0n) is 14.7. The van der Waals surface area contributed by atoms with Crippen LogP contribution in [0.5, 0.6) is 5.75 Å². The summed E-state index contributed by atoms with van der Waals surface area (Å²) in [5.74, 6) is -0.233. The molecule has 0 spiro atoms. The van der Waals surface area contributed by atoms with Crippen LogP contribution in [0.15, 0.2) is 78.9 Å². The van der Waals surface area contributed by atoms with Gasteiger partial charge in [0.1, 0.15) is 5.75 Å². The lowest BCUT2D eigenvalue weighted by molar-refractivity contribution is -0.115. The van der Waals surface area contributed by atoms with Gasteiger partial charge in [0.15, 0.2) is 0 Å². The molecular weight excluding hydrogens is 326 g/mol. The summed E-state index contributed by atoms with van der Waals surface area (Å²) in [6, 6.07) is 23.4. The van der Waals surface area contributed by atoms with E-state index in [2.05, 4.69) is 0 Å². The van der Waals surface area contributed by atoms with E-state index >= 15 is 0 Å². The van der Waals surface area contributed by atoms with Crippen LogP contribution in [0.2, 0.25) is 0 Å². The van der Waals surface area contributed by atoms with Gasteiger partial charge in [-0.3, -0.25) is 9.69 Å². The topological polar surface area (TPSA) is 46.6 Å². The Kier molecular flexibility index (Phi) is 5.13. The molecule has 0 heterocycles. The van der Waals surface area contributed by atoms with Crippen molar-refractivity contribution in [3.8, 4) is 5.75 Å². The van der Waals surface area contributed by atoms with Crippen LogP contribution < -0.4 is 9.64 Å². The number of ether oxygens (including phenoxy) is 1. The molecule has 0 atom stereocenters. The molecule has 4 heteroatoms. The molecule has 0 N–H and O–H groups in total. The Balaban J connectivity index is 2.03. The third-order valence-corrected chi connectivity index (χ3v) is 3.99. The quantitative estimate of drug-likeness (QED) is 0.499. The molecule has 0 saturated carbocycles. The van der Waals surface area contributed by atoms with E-state index in [1.54, 1.807) is 48.5 Å². The number of nitrogens with zero attached hydrogens (tertiary/aromatic N) is 1. The number of amides is 1. The van der Waals surface area contributed by atoms with Crippen LogP contribution in [0.3, 0.4) is 0 Å². The van der Waals surface area contributed by atoms with Crippen LogP contribution in [0.1, 0.15) is 22.8 Å². The van der Waals surface area contributed by atoms with Gasteiger partial charge in [0.05, 0.1) is 16.9 Å². The van der Waals surface area contributed by atoms with Gasteiger partial charge in [0.25, 0.3) is 0 Å². The number of carbonyl (C=O) groups is 2. The third-order valence-electron chi connectivity index (χ3n) is 3.99. The van der Waals surface area contributed by atoms with E-state index in [9.17, 15) is 9.59 Å². The second-order valence-corrected chi connectivity index (χ2v) is 5.86. The number of anilines is 2. The highest BCUT2D eigenvalue weighted by Gasteiger charge is 2.23. The van der Waals surface area contributed by atoms with E-state index in [1.807, 2.05) is 37.3 Å². The highest BCUT2D eigenvalue weighted by atomic mass is 16.5. The number of esters is 1. The second-order valence-electron chi connectivity index (χ2n) is 5.86. The molecule has 26 heavy (non-hydrogen) atoms. The van der Waals surface area contributed by atoms with E-state index in [1.165, 1.54) is 11.8 Å². The average molecular weight is 345 g/mol. The van der Waals surface area contributed by atoms with Gasteiger partial charge in [-0.25, -0.2) is 4.79 Å². The molecule has 1 amide bonds. The van der Waals surface area contributed by atoms with E-state index in [0.717, 1.165) is 11.3 Å². The van der Waals surface area contributed by atoms with E-state index < -0.39 is 5.97 Å². The number of aryl methyl sites for hydroxylation is 1. The number of carbonyl (C=O) groups excluding carboxylic acids is 2. The lowest BCUT2D eigenvalue weighted by atomic mass is 10.1. The van der Waals surface area contributed by atoms with Gasteiger partial charge in [-0.15, -0.1) is 0 Å². The lowest BCUT2D eigenvalue weighted by Gasteiger charge is -2.25. The molecule has 0 aliphatic carbocycles. The number of para-hydroxylation sites is 3. The Morgan fingerprint density at radius 3 is 2.00 bits per heavy atom. The molecule has 0 aromatic heterocycles. The highest BCUT2D eigenvalue weighted by Crippen LogP contribution is 2.31. The van der Waals surface area contributed by atoms with Gasteiger partial charge in [-0.2, -0.15) is 0 Å². The first-order chi connectivity index (χ1) is 12.6. The number of benzene rings is 3. The van der Waals surface area contributed by atoms with Crippen LogP contribution in [0, 0.1) is 6.92 Å². The standard InChI is InChI=1S/C22H19NO3/c1-16-10-6-8-14-20(16)23(17(2)24)21-15-9-7-13-19(21)22(25)26-18-11-4-3-5-12-18/h3-15H,1-2H3. The minimum absolute atomic E-state index is 0.181. The Hall–Kier alpha value is -3.40. The number of hydrogen-bond donors (Lipinski definition) is 0. The molecule has 4 nitrogen and oxygen atoms in total. The molecule has 3 rings (SSSR count). The maximum Gasteiger partial charge on any atom is 0.345 e. The zero-order chi connectivity index (χ0) is 18.5. The molecule has 3 aromatic carbocycles. The Labute approximate surface area is 152 Å². The van der Waals surface area contributed by atoms with Crippen molar-refractivity contribution in [1.82, 2.24) is 0 Å². The maximum absolute atomic E-state index is 12.7. The average Bonchev–Trinajstić information content (AvgIpc) is 2.64. The summed E-state index contributed by atoms with van der Waals surface area (Å²) < 4.78 is 5.46. The minimum atomic E-state index is -0.508. The van der Waals surface area contributed by atoms with Gasteiger partial charge in [-0.1, -0.05) is 48.5 Å². The van der Waals surface area contributed by atoms with Crippen molar-refractivity contribution >= 4 is 23.3 Å². The summed E-state index contributed by atoms with van der Waals surface area (Å²) in [6.45, 7) is 3.40. The van der Waals surface area contributed by atoms with Crippen molar-refractivity contribution in [2.75, 3.05) is 4.90 Å². The van der Waals surface area contributed by atoms with Crippen LogP contribution in [0.25, 0.3) is 0 Å². The summed E-state index contributed by atoms with van der Waals surface area (Å²) in [5.41, 5.74) is 2.50. The largest absolute Gasteiger partial charge is 0.423 e. The SMILES string of the molecule is CC(=O)N(c1ccccc1C)c1ccccc1C(=O)Oc1ccccc1. The van der Waals surface area contributed by atoms with Gasteiger partial charge in [0, 0.05) is 6.92 Å². The highest BCUT2D eigenvalue weighted by molar-refractivity contribution is 6.06. The maximum atomic E-state index is 12.7. The van der Waals surface area contributed by atoms with Crippen molar-refractivity contribution in [3.05, 3.63) is 90.0 Å². The van der Waals surface area contributed by atoms with E-state index in [-0.39, 0.29) is 5.91 Å². The third kappa shape index (κ3) is 3.64. The Morgan fingerprint density at radius 2 is 1.35 bits per heavy atom. The van der Waals surface area contributed by atoms with Crippen LogP contribution in [-0.2, 0) is 4.79 Å². The van der Waals surface area contributed by atoms with Gasteiger partial charge in [0.2, 0.25) is 5.91 Å². The van der Waals surface area contributed by atoms with Crippen molar-refractivity contribution in [2.45, 2.75) is 13.8 Å². The predicted molar refractivity (Wildman–Crippen MR) is 102 cm³/mol. The Bertz CT molecular complexity index is 935. The summed E-state index contributed by atoms with van der Waals surface area (Å²) in [6.07, 6.45) is 0. The second kappa shape index (κ2) is 7.66. The van der Waals surface area contributed by atoms with Crippen molar-refractivity contribution in [3.63, 3.8) is 0 Å². The fraction of sp³-hybridized carbons (Fsp3) is 0.0909. The van der Waals surface area contributed by atoms with Gasteiger partial charge in [-0.05, 0) is 42.8 Å². The first kappa shape index (κ1) is 17.4. The first-order valence-electron chi connectivity index (χ1n) is 8.30. The monoisotopic (exact) mass is 345 g/mol. The molecule has 0 aliphatic rings. The van der Waals surface area contributed by atoms with Crippen LogP contribution in [-0.4, -0.2) is 11.9 Å². The van der Waals surface area contributed by atoms with E-state index in [4.69, 9.17) is 4.74 Å². The molecule has 0 unspecified atom stereocenters. The summed E-state index contributed by atoms with van der Waals surface area (Å²) >= 11 is 0. The summed E-state index contributed by atoms with van der Waals surface area (Å²) in [5, 5.41) is 0. The lowest BCUT2D eigenvalue weighted by Crippen LogP contribution is -2.26. The molecule has 0 radical (unpaired) electrons. The normalized spacial score (nSPS) is 10.2. The van der Waals surface area contributed by atoms with Crippen molar-refractivity contribution in [2.24, 2.45) is 0 Å². The zero-order valence-corrected chi connectivity index (χ0v) is 14.7. The fourth-order valence-electron chi connectivity index (χ4n) is 2.78. The summed E-state index contributed by atoms with van der Waals surface area (Å²) in [7, 11) is 0. The molecule has 130 valence electrons. The smallest absolute Gasteiger partial charge is 0.345 e.